The van der Waals surface area contributed by atoms with Gasteiger partial charge in [-0.3, -0.25) is 19.2 Å². The second kappa shape index (κ2) is 15.7. The van der Waals surface area contributed by atoms with Gasteiger partial charge in [-0.2, -0.15) is 0 Å². The van der Waals surface area contributed by atoms with Crippen molar-refractivity contribution >= 4 is 23.7 Å². The molecule has 0 aromatic heterocycles. The quantitative estimate of drug-likeness (QED) is 0.301. The molecule has 2 aliphatic rings. The fraction of sp³-hybridized carbons (Fsp3) is 0.840. The molecular weight excluding hydrogens is 436 g/mol. The van der Waals surface area contributed by atoms with E-state index in [2.05, 4.69) is 16.0 Å². The molecule has 1 saturated carbocycles. The molecule has 1 atom stereocenters. The monoisotopic (exact) mass is 480 g/mol. The fourth-order valence-electron chi connectivity index (χ4n) is 5.04. The smallest absolute Gasteiger partial charge is 0.305 e. The third-order valence-electron chi connectivity index (χ3n) is 7.14. The topological polar surface area (TPSA) is 128 Å². The molecule has 0 aromatic rings. The fourth-order valence-corrected chi connectivity index (χ4v) is 5.04. The van der Waals surface area contributed by atoms with Gasteiger partial charge in [-0.15, -0.1) is 0 Å². The highest BCUT2D eigenvalue weighted by molar-refractivity contribution is 5.92. The van der Waals surface area contributed by atoms with Crippen molar-refractivity contribution in [3.05, 3.63) is 0 Å². The first kappa shape index (κ1) is 28.1. The Labute approximate surface area is 203 Å². The number of aliphatic carboxylic acids is 1. The van der Waals surface area contributed by atoms with Gasteiger partial charge >= 0.3 is 5.97 Å². The maximum absolute atomic E-state index is 12.6. The van der Waals surface area contributed by atoms with Crippen molar-refractivity contribution in [1.82, 2.24) is 20.9 Å². The predicted octanol–water partition coefficient (Wildman–Crippen LogP) is 2.05. The van der Waals surface area contributed by atoms with Crippen LogP contribution in [0.15, 0.2) is 0 Å². The lowest BCUT2D eigenvalue weighted by molar-refractivity contribution is -0.141. The molecule has 194 valence electrons. The normalized spacial score (nSPS) is 18.1. The van der Waals surface area contributed by atoms with Crippen molar-refractivity contribution in [2.75, 3.05) is 32.7 Å². The number of carbonyl (C=O) groups excluding carboxylic acids is 3. The van der Waals surface area contributed by atoms with Crippen LogP contribution in [0.25, 0.3) is 0 Å². The number of hydrogen-bond donors (Lipinski definition) is 4. The van der Waals surface area contributed by atoms with Crippen molar-refractivity contribution in [3.63, 3.8) is 0 Å². The van der Waals surface area contributed by atoms with Gasteiger partial charge in [0.2, 0.25) is 17.7 Å². The molecule has 4 N–H and O–H groups in total. The van der Waals surface area contributed by atoms with Gasteiger partial charge in [-0.1, -0.05) is 32.1 Å². The Morgan fingerprint density at radius 3 is 2.32 bits per heavy atom. The van der Waals surface area contributed by atoms with Gasteiger partial charge in [0.1, 0.15) is 6.04 Å². The minimum Gasteiger partial charge on any atom is -0.481 e. The van der Waals surface area contributed by atoms with Crippen LogP contribution in [0.5, 0.6) is 0 Å². The van der Waals surface area contributed by atoms with Gasteiger partial charge in [0, 0.05) is 19.5 Å². The largest absolute Gasteiger partial charge is 0.481 e. The van der Waals surface area contributed by atoms with Crippen LogP contribution in [0.1, 0.15) is 84.0 Å². The number of nitrogens with one attached hydrogen (secondary N) is 3. The summed E-state index contributed by atoms with van der Waals surface area (Å²) < 4.78 is 0. The molecule has 2 fully saturated rings. The Morgan fingerprint density at radius 1 is 1.00 bits per heavy atom. The van der Waals surface area contributed by atoms with Crippen LogP contribution in [0.3, 0.4) is 0 Å². The highest BCUT2D eigenvalue weighted by atomic mass is 16.4. The first-order chi connectivity index (χ1) is 16.4. The lowest BCUT2D eigenvalue weighted by Crippen LogP contribution is -2.51. The minimum absolute atomic E-state index is 0.0849. The molecule has 0 radical (unpaired) electrons. The second-order valence-corrected chi connectivity index (χ2v) is 9.80. The summed E-state index contributed by atoms with van der Waals surface area (Å²) >= 11 is 0. The third-order valence-corrected chi connectivity index (χ3v) is 7.14. The number of carboxylic acids is 1. The number of likely N-dealkylation sites (N-methyl/N-ethyl adjacent to an activating group) is 1. The predicted molar refractivity (Wildman–Crippen MR) is 130 cm³/mol. The van der Waals surface area contributed by atoms with Crippen LogP contribution >= 0.6 is 0 Å². The number of nitrogens with zero attached hydrogens (tertiary/aromatic N) is 1. The van der Waals surface area contributed by atoms with Crippen molar-refractivity contribution in [1.29, 1.82) is 0 Å². The van der Waals surface area contributed by atoms with Gasteiger partial charge in [0.25, 0.3) is 0 Å². The lowest BCUT2D eigenvalue weighted by Gasteiger charge is -2.25. The SMILES string of the molecule is CCN(CC(=O)N[C@@H](CC(=O)O)C(=O)NCCC1CCCCC1)C(=O)CCCC1CCNCC1. The van der Waals surface area contributed by atoms with E-state index < -0.39 is 30.2 Å². The summed E-state index contributed by atoms with van der Waals surface area (Å²) in [6, 6.07) is -1.15. The van der Waals surface area contributed by atoms with Crippen LogP contribution in [-0.2, 0) is 19.2 Å². The molecule has 9 heteroatoms. The Hall–Kier alpha value is -2.16. The van der Waals surface area contributed by atoms with E-state index in [4.69, 9.17) is 0 Å². The summed E-state index contributed by atoms with van der Waals surface area (Å²) in [6.07, 6.45) is 10.9. The van der Waals surface area contributed by atoms with E-state index in [0.717, 1.165) is 45.2 Å². The molecule has 1 aliphatic carbocycles. The molecule has 0 spiro atoms. The minimum atomic E-state index is -1.16. The van der Waals surface area contributed by atoms with E-state index >= 15 is 0 Å². The number of amides is 3. The molecule has 1 heterocycles. The van der Waals surface area contributed by atoms with Crippen molar-refractivity contribution in [3.8, 4) is 0 Å². The Balaban J connectivity index is 1.75. The number of rotatable bonds is 14. The van der Waals surface area contributed by atoms with Crippen molar-refractivity contribution in [2.45, 2.75) is 90.0 Å². The first-order valence-electron chi connectivity index (χ1n) is 13.2. The molecule has 0 bridgehead atoms. The number of carboxylic acid groups (broad SMARTS) is 1. The number of carbonyl (C=O) groups is 4. The standard InChI is InChI=1S/C25H44N4O5/c1-2-29(23(31)10-6-9-20-11-14-26-15-12-20)18-22(30)28-21(17-24(32)33)25(34)27-16-13-19-7-4-3-5-8-19/h19-21,26H,2-18H2,1H3,(H,27,34)(H,28,30)(H,32,33)/t21-/m0/s1. The Bertz CT molecular complexity index is 660. The van der Waals surface area contributed by atoms with Gasteiger partial charge in [-0.25, -0.2) is 0 Å². The summed E-state index contributed by atoms with van der Waals surface area (Å²) in [7, 11) is 0. The highest BCUT2D eigenvalue weighted by Gasteiger charge is 2.25. The molecule has 1 saturated heterocycles. The lowest BCUT2D eigenvalue weighted by atomic mass is 9.87. The summed E-state index contributed by atoms with van der Waals surface area (Å²) in [5.41, 5.74) is 0. The zero-order valence-electron chi connectivity index (χ0n) is 20.8. The summed E-state index contributed by atoms with van der Waals surface area (Å²) in [4.78, 5) is 50.5. The van der Waals surface area contributed by atoms with Crippen LogP contribution in [0.2, 0.25) is 0 Å². The van der Waals surface area contributed by atoms with Crippen LogP contribution in [-0.4, -0.2) is 72.5 Å². The van der Waals surface area contributed by atoms with Crippen LogP contribution in [0.4, 0.5) is 0 Å². The number of piperidine rings is 1. The highest BCUT2D eigenvalue weighted by Crippen LogP contribution is 2.25. The average Bonchev–Trinajstić information content (AvgIpc) is 2.83. The maximum atomic E-state index is 12.6. The van der Waals surface area contributed by atoms with Gasteiger partial charge in [0.05, 0.1) is 13.0 Å². The van der Waals surface area contributed by atoms with E-state index in [9.17, 15) is 24.3 Å². The van der Waals surface area contributed by atoms with E-state index in [1.54, 1.807) is 0 Å². The molecule has 34 heavy (non-hydrogen) atoms. The van der Waals surface area contributed by atoms with E-state index in [-0.39, 0.29) is 12.5 Å². The summed E-state index contributed by atoms with van der Waals surface area (Å²) in [6.45, 7) is 4.57. The zero-order chi connectivity index (χ0) is 24.8. The second-order valence-electron chi connectivity index (χ2n) is 9.80. The molecule has 2 rings (SSSR count). The third kappa shape index (κ3) is 10.8. The molecule has 0 aromatic carbocycles. The molecule has 3 amide bonds. The van der Waals surface area contributed by atoms with Gasteiger partial charge in [0.15, 0.2) is 0 Å². The van der Waals surface area contributed by atoms with E-state index in [0.29, 0.717) is 31.3 Å². The number of hydrogen-bond acceptors (Lipinski definition) is 5. The van der Waals surface area contributed by atoms with Crippen LogP contribution < -0.4 is 16.0 Å². The molecule has 9 nitrogen and oxygen atoms in total. The van der Waals surface area contributed by atoms with Gasteiger partial charge < -0.3 is 26.0 Å². The van der Waals surface area contributed by atoms with Crippen molar-refractivity contribution < 1.29 is 24.3 Å². The molecule has 1 aliphatic heterocycles. The van der Waals surface area contributed by atoms with E-state index in [1.807, 2.05) is 6.92 Å². The maximum Gasteiger partial charge on any atom is 0.305 e. The van der Waals surface area contributed by atoms with E-state index in [1.165, 1.54) is 37.0 Å². The molecule has 0 unspecified atom stereocenters. The summed E-state index contributed by atoms with van der Waals surface area (Å²) in [5, 5.41) is 17.9. The Kier molecular flexibility index (Phi) is 13.0. The van der Waals surface area contributed by atoms with Crippen molar-refractivity contribution in [2.24, 2.45) is 11.8 Å². The summed E-state index contributed by atoms with van der Waals surface area (Å²) in [5.74, 6) is -0.987. The van der Waals surface area contributed by atoms with Crippen LogP contribution in [0, 0.1) is 11.8 Å². The average molecular weight is 481 g/mol. The van der Waals surface area contributed by atoms with Gasteiger partial charge in [-0.05, 0) is 64.0 Å². The molecular formula is C25H44N4O5. The zero-order valence-corrected chi connectivity index (χ0v) is 20.8. The first-order valence-corrected chi connectivity index (χ1v) is 13.2. The Morgan fingerprint density at radius 2 is 1.68 bits per heavy atom.